The Morgan fingerprint density at radius 3 is 2.88 bits per heavy atom. The molecule has 1 aromatic carbocycles. The minimum atomic E-state index is 0.0699. The standard InChI is InChI=1S/C13H15N3O/c1-2-8-16-12(17)10-15-13(16)14-9-11-6-4-3-5-7-11/h2-7H,1,8-10H2,(H,14,15)/p+1. The average molecular weight is 230 g/mol. The van der Waals surface area contributed by atoms with E-state index in [-0.39, 0.29) is 5.91 Å². The summed E-state index contributed by atoms with van der Waals surface area (Å²) in [5, 5.41) is 3.23. The van der Waals surface area contributed by atoms with Gasteiger partial charge >= 0.3 is 11.9 Å². The molecule has 0 saturated carbocycles. The molecule has 0 spiro atoms. The Morgan fingerprint density at radius 1 is 1.41 bits per heavy atom. The first-order chi connectivity index (χ1) is 8.31. The Labute approximate surface area is 101 Å². The molecule has 0 fully saturated rings. The molecule has 4 nitrogen and oxygen atoms in total. The summed E-state index contributed by atoms with van der Waals surface area (Å²) in [5.41, 5.74) is 1.18. The molecule has 88 valence electrons. The van der Waals surface area contributed by atoms with Gasteiger partial charge in [0.1, 0.15) is 0 Å². The molecule has 1 amide bonds. The zero-order valence-corrected chi connectivity index (χ0v) is 9.65. The molecule has 0 atom stereocenters. The number of nitrogens with one attached hydrogen (secondary N) is 2. The molecule has 1 aromatic rings. The molecule has 2 N–H and O–H groups in total. The van der Waals surface area contributed by atoms with E-state index in [2.05, 4.69) is 16.9 Å². The number of hydrogen-bond donors (Lipinski definition) is 2. The van der Waals surface area contributed by atoms with Gasteiger partial charge in [0.05, 0.1) is 13.1 Å². The molecule has 0 unspecified atom stereocenters. The van der Waals surface area contributed by atoms with Crippen LogP contribution in [0.5, 0.6) is 0 Å². The van der Waals surface area contributed by atoms with Crippen LogP contribution in [0.1, 0.15) is 5.56 Å². The van der Waals surface area contributed by atoms with Crippen LogP contribution in [0, 0.1) is 0 Å². The smallest absolute Gasteiger partial charge is 0.273 e. The lowest BCUT2D eigenvalue weighted by atomic mass is 10.2. The second-order valence-electron chi connectivity index (χ2n) is 3.83. The second-order valence-corrected chi connectivity index (χ2v) is 3.83. The van der Waals surface area contributed by atoms with Gasteiger partial charge in [0.15, 0.2) is 6.54 Å². The van der Waals surface area contributed by atoms with Crippen molar-refractivity contribution in [1.82, 2.24) is 10.2 Å². The summed E-state index contributed by atoms with van der Waals surface area (Å²) in [6.45, 7) is 5.23. The Balaban J connectivity index is 1.95. The molecule has 0 bridgehead atoms. The largest absolute Gasteiger partial charge is 0.354 e. The van der Waals surface area contributed by atoms with Gasteiger partial charge in [-0.1, -0.05) is 43.0 Å². The average Bonchev–Trinajstić information content (AvgIpc) is 2.70. The van der Waals surface area contributed by atoms with E-state index in [1.54, 1.807) is 11.0 Å². The van der Waals surface area contributed by atoms with Gasteiger partial charge in [-0.2, -0.15) is 4.90 Å². The number of nitrogens with zero attached hydrogens (tertiary/aromatic N) is 1. The van der Waals surface area contributed by atoms with Gasteiger partial charge in [0.25, 0.3) is 0 Å². The highest BCUT2D eigenvalue weighted by Crippen LogP contribution is 1.98. The molecule has 0 aliphatic carbocycles. The third kappa shape index (κ3) is 2.72. The van der Waals surface area contributed by atoms with Crippen LogP contribution in [0.3, 0.4) is 0 Å². The monoisotopic (exact) mass is 230 g/mol. The minimum Gasteiger partial charge on any atom is -0.273 e. The number of amides is 1. The van der Waals surface area contributed by atoms with Crippen LogP contribution in [0.4, 0.5) is 0 Å². The van der Waals surface area contributed by atoms with Gasteiger partial charge in [-0.05, 0) is 5.56 Å². The van der Waals surface area contributed by atoms with Crippen molar-refractivity contribution in [3.05, 3.63) is 48.6 Å². The fourth-order valence-corrected chi connectivity index (χ4v) is 1.74. The summed E-state index contributed by atoms with van der Waals surface area (Å²) < 4.78 is 0. The van der Waals surface area contributed by atoms with Crippen LogP contribution in [-0.4, -0.2) is 29.9 Å². The molecule has 0 radical (unpaired) electrons. The van der Waals surface area contributed by atoms with E-state index < -0.39 is 0 Å². The zero-order chi connectivity index (χ0) is 12.1. The third-order valence-electron chi connectivity index (χ3n) is 2.59. The fourth-order valence-electron chi connectivity index (χ4n) is 1.74. The lowest BCUT2D eigenvalue weighted by Crippen LogP contribution is -2.74. The summed E-state index contributed by atoms with van der Waals surface area (Å²) in [6.07, 6.45) is 1.72. The fraction of sp³-hybridized carbons (Fsp3) is 0.231. The predicted octanol–water partition coefficient (Wildman–Crippen LogP) is -0.759. The number of rotatable bonds is 4. The van der Waals surface area contributed by atoms with E-state index in [4.69, 9.17) is 0 Å². The summed E-state index contributed by atoms with van der Waals surface area (Å²) in [7, 11) is 0. The zero-order valence-electron chi connectivity index (χ0n) is 9.65. The van der Waals surface area contributed by atoms with Gasteiger partial charge in [-0.3, -0.25) is 15.1 Å². The summed E-state index contributed by atoms with van der Waals surface area (Å²) in [5.74, 6) is 0.833. The van der Waals surface area contributed by atoms with Crippen molar-refractivity contribution in [3.63, 3.8) is 0 Å². The van der Waals surface area contributed by atoms with E-state index in [0.29, 0.717) is 19.6 Å². The Kier molecular flexibility index (Phi) is 3.55. The highest BCUT2D eigenvalue weighted by Gasteiger charge is 2.30. The number of guanidine groups is 1. The van der Waals surface area contributed by atoms with Gasteiger partial charge in [0, 0.05) is 0 Å². The van der Waals surface area contributed by atoms with E-state index in [0.717, 1.165) is 5.96 Å². The van der Waals surface area contributed by atoms with E-state index >= 15 is 0 Å². The molecule has 1 heterocycles. The number of benzene rings is 1. The maximum Gasteiger partial charge on any atom is 0.354 e. The Bertz CT molecular complexity index is 439. The van der Waals surface area contributed by atoms with Gasteiger partial charge in [-0.25, -0.2) is 0 Å². The molecule has 0 saturated heterocycles. The van der Waals surface area contributed by atoms with Crippen molar-refractivity contribution in [2.24, 2.45) is 0 Å². The van der Waals surface area contributed by atoms with Crippen molar-refractivity contribution < 1.29 is 9.79 Å². The normalized spacial score (nSPS) is 14.7. The number of hydrogen-bond acceptors (Lipinski definition) is 2. The van der Waals surface area contributed by atoms with Crippen LogP contribution in [-0.2, 0) is 11.3 Å². The van der Waals surface area contributed by atoms with Crippen molar-refractivity contribution in [1.29, 1.82) is 0 Å². The molecular weight excluding hydrogens is 214 g/mol. The van der Waals surface area contributed by atoms with Crippen LogP contribution in [0.15, 0.2) is 43.0 Å². The van der Waals surface area contributed by atoms with Crippen molar-refractivity contribution in [2.45, 2.75) is 6.54 Å². The maximum atomic E-state index is 11.5. The SMILES string of the molecule is C=CCN1C(=O)C[NH+]=C1NCc1ccccc1. The first kappa shape index (κ1) is 11.4. The molecule has 1 aliphatic rings. The first-order valence-electron chi connectivity index (χ1n) is 5.61. The lowest BCUT2D eigenvalue weighted by Gasteiger charge is -2.09. The van der Waals surface area contributed by atoms with Crippen molar-refractivity contribution >= 4 is 11.9 Å². The molecule has 4 heteroatoms. The summed E-state index contributed by atoms with van der Waals surface area (Å²) in [4.78, 5) is 16.2. The van der Waals surface area contributed by atoms with Gasteiger partial charge < -0.3 is 0 Å². The third-order valence-corrected chi connectivity index (χ3v) is 2.59. The minimum absolute atomic E-state index is 0.0699. The molecular formula is C13H16N3O+. The van der Waals surface area contributed by atoms with Crippen LogP contribution >= 0.6 is 0 Å². The quantitative estimate of drug-likeness (QED) is 0.668. The van der Waals surface area contributed by atoms with E-state index in [9.17, 15) is 4.79 Å². The van der Waals surface area contributed by atoms with E-state index in [1.807, 2.05) is 30.3 Å². The highest BCUT2D eigenvalue weighted by atomic mass is 16.2. The van der Waals surface area contributed by atoms with Crippen LogP contribution in [0.25, 0.3) is 0 Å². The highest BCUT2D eigenvalue weighted by molar-refractivity contribution is 5.97. The molecule has 17 heavy (non-hydrogen) atoms. The van der Waals surface area contributed by atoms with Crippen LogP contribution < -0.4 is 10.3 Å². The molecule has 2 rings (SSSR count). The Morgan fingerprint density at radius 2 is 2.18 bits per heavy atom. The second kappa shape index (κ2) is 5.30. The summed E-state index contributed by atoms with van der Waals surface area (Å²) in [6, 6.07) is 10.1. The van der Waals surface area contributed by atoms with Crippen molar-refractivity contribution in [2.75, 3.05) is 13.1 Å². The first-order valence-corrected chi connectivity index (χ1v) is 5.61. The maximum absolute atomic E-state index is 11.5. The van der Waals surface area contributed by atoms with Crippen LogP contribution in [0.2, 0.25) is 0 Å². The predicted molar refractivity (Wildman–Crippen MR) is 66.0 cm³/mol. The van der Waals surface area contributed by atoms with Crippen molar-refractivity contribution in [3.8, 4) is 0 Å². The molecule has 1 aliphatic heterocycles. The molecule has 0 aromatic heterocycles. The lowest BCUT2D eigenvalue weighted by molar-refractivity contribution is -0.440. The summed E-state index contributed by atoms with van der Waals surface area (Å²) >= 11 is 0. The van der Waals surface area contributed by atoms with Gasteiger partial charge in [0.2, 0.25) is 0 Å². The van der Waals surface area contributed by atoms with Gasteiger partial charge in [-0.15, -0.1) is 0 Å². The topological polar surface area (TPSA) is 46.3 Å². The number of carbonyl (C=O) groups is 1. The number of carbonyl (C=O) groups excluding carboxylic acids is 1. The van der Waals surface area contributed by atoms with E-state index in [1.165, 1.54) is 5.56 Å². The Hall–Kier alpha value is -2.10.